The van der Waals surface area contributed by atoms with E-state index in [2.05, 4.69) is 41.1 Å². The highest BCUT2D eigenvalue weighted by Gasteiger charge is 2.44. The van der Waals surface area contributed by atoms with Crippen molar-refractivity contribution in [2.45, 2.75) is 26.2 Å². The zero-order chi connectivity index (χ0) is 17.2. The summed E-state index contributed by atoms with van der Waals surface area (Å²) < 4.78 is 0. The number of hydrogen-bond donors (Lipinski definition) is 1. The van der Waals surface area contributed by atoms with Crippen LogP contribution in [0.2, 0.25) is 0 Å². The first-order valence-corrected chi connectivity index (χ1v) is 9.17. The maximum Gasteiger partial charge on any atom is 0.225 e. The van der Waals surface area contributed by atoms with E-state index in [9.17, 15) is 9.59 Å². The quantitative estimate of drug-likeness (QED) is 0.907. The Bertz CT molecular complexity index is 724. The van der Waals surface area contributed by atoms with Crippen LogP contribution in [0.15, 0.2) is 41.1 Å². The lowest BCUT2D eigenvalue weighted by Gasteiger charge is -2.26. The van der Waals surface area contributed by atoms with Gasteiger partial charge in [0.05, 0.1) is 5.41 Å². The van der Waals surface area contributed by atoms with E-state index in [1.54, 1.807) is 16.2 Å². The zero-order valence-electron chi connectivity index (χ0n) is 13.8. The van der Waals surface area contributed by atoms with E-state index in [-0.39, 0.29) is 11.8 Å². The minimum absolute atomic E-state index is 0.0888. The van der Waals surface area contributed by atoms with Crippen LogP contribution in [0.5, 0.6) is 0 Å². The minimum atomic E-state index is -0.644. The Morgan fingerprint density at radius 2 is 1.96 bits per heavy atom. The van der Waals surface area contributed by atoms with Crippen molar-refractivity contribution in [1.29, 1.82) is 0 Å². The maximum atomic E-state index is 12.1. The Hall–Kier alpha value is -2.14. The SMILES string of the molecule is CCC(=O)N1CC[C@@](Cc2ccc(-c3ccsc3)cc2)(C(N)=O)C1. The number of amides is 2. The van der Waals surface area contributed by atoms with Crippen LogP contribution in [-0.2, 0) is 16.0 Å². The Morgan fingerprint density at radius 3 is 2.54 bits per heavy atom. The number of benzene rings is 1. The lowest BCUT2D eigenvalue weighted by Crippen LogP contribution is -2.42. The molecular formula is C19H22N2O2S. The van der Waals surface area contributed by atoms with Crippen molar-refractivity contribution in [3.8, 4) is 11.1 Å². The first kappa shape index (κ1) is 16.7. The predicted octanol–water partition coefficient (Wildman–Crippen LogP) is 3.07. The van der Waals surface area contributed by atoms with Gasteiger partial charge in [-0.25, -0.2) is 0 Å². The fourth-order valence-electron chi connectivity index (χ4n) is 3.38. The van der Waals surface area contributed by atoms with Crippen LogP contribution in [0.4, 0.5) is 0 Å². The summed E-state index contributed by atoms with van der Waals surface area (Å²) in [6, 6.07) is 10.4. The first-order chi connectivity index (χ1) is 11.5. The lowest BCUT2D eigenvalue weighted by molar-refractivity contribution is -0.131. The van der Waals surface area contributed by atoms with Crippen LogP contribution in [0, 0.1) is 5.41 Å². The number of carbonyl (C=O) groups is 2. The summed E-state index contributed by atoms with van der Waals surface area (Å²) in [5.74, 6) is -0.221. The molecule has 0 saturated carbocycles. The number of thiophene rings is 1. The summed E-state index contributed by atoms with van der Waals surface area (Å²) in [6.07, 6.45) is 1.68. The van der Waals surface area contributed by atoms with Gasteiger partial charge in [-0.3, -0.25) is 9.59 Å². The standard InChI is InChI=1S/C19H22N2O2S/c1-2-17(22)21-9-8-19(13-21,18(20)23)11-14-3-5-15(6-4-14)16-7-10-24-12-16/h3-7,10,12H,2,8-9,11,13H2,1H3,(H2,20,23)/t19-/m0/s1. The van der Waals surface area contributed by atoms with Crippen molar-refractivity contribution >= 4 is 23.2 Å². The highest BCUT2D eigenvalue weighted by Crippen LogP contribution is 2.35. The van der Waals surface area contributed by atoms with Gasteiger partial charge in [-0.05, 0) is 46.4 Å². The Kier molecular flexibility index (Phi) is 4.71. The van der Waals surface area contributed by atoms with Gasteiger partial charge in [-0.1, -0.05) is 31.2 Å². The number of carbonyl (C=O) groups excluding carboxylic acids is 2. The molecule has 1 aliphatic heterocycles. The summed E-state index contributed by atoms with van der Waals surface area (Å²) in [5, 5.41) is 4.17. The summed E-state index contributed by atoms with van der Waals surface area (Å²) in [6.45, 7) is 2.89. The van der Waals surface area contributed by atoms with Crippen LogP contribution >= 0.6 is 11.3 Å². The molecule has 1 fully saturated rings. The molecule has 2 amide bonds. The molecule has 24 heavy (non-hydrogen) atoms. The molecule has 1 aromatic heterocycles. The predicted molar refractivity (Wildman–Crippen MR) is 96.6 cm³/mol. The molecule has 0 spiro atoms. The molecule has 4 nitrogen and oxygen atoms in total. The first-order valence-electron chi connectivity index (χ1n) is 8.23. The molecule has 0 unspecified atom stereocenters. The molecule has 0 aliphatic carbocycles. The molecule has 1 saturated heterocycles. The van der Waals surface area contributed by atoms with Crippen LogP contribution < -0.4 is 5.73 Å². The number of likely N-dealkylation sites (tertiary alicyclic amines) is 1. The van der Waals surface area contributed by atoms with Crippen LogP contribution in [0.1, 0.15) is 25.3 Å². The van der Waals surface area contributed by atoms with Crippen molar-refractivity contribution in [3.05, 3.63) is 46.7 Å². The third-order valence-corrected chi connectivity index (χ3v) is 5.57. The highest BCUT2D eigenvalue weighted by molar-refractivity contribution is 7.08. The van der Waals surface area contributed by atoms with Gasteiger partial charge in [0.15, 0.2) is 0 Å². The third-order valence-electron chi connectivity index (χ3n) is 4.88. The van der Waals surface area contributed by atoms with Crippen molar-refractivity contribution in [1.82, 2.24) is 4.90 Å². The van der Waals surface area contributed by atoms with Crippen molar-refractivity contribution in [2.24, 2.45) is 11.1 Å². The van der Waals surface area contributed by atoms with E-state index in [1.165, 1.54) is 11.1 Å². The maximum absolute atomic E-state index is 12.1. The molecule has 1 atom stereocenters. The summed E-state index contributed by atoms with van der Waals surface area (Å²) >= 11 is 1.67. The molecule has 5 heteroatoms. The Morgan fingerprint density at radius 1 is 1.21 bits per heavy atom. The fraction of sp³-hybridized carbons (Fsp3) is 0.368. The summed E-state index contributed by atoms with van der Waals surface area (Å²) in [4.78, 5) is 25.8. The van der Waals surface area contributed by atoms with E-state index >= 15 is 0 Å². The molecule has 2 aromatic rings. The van der Waals surface area contributed by atoms with E-state index < -0.39 is 5.41 Å². The van der Waals surface area contributed by atoms with E-state index in [1.807, 2.05) is 6.92 Å². The van der Waals surface area contributed by atoms with E-state index in [4.69, 9.17) is 5.73 Å². The van der Waals surface area contributed by atoms with Crippen molar-refractivity contribution in [3.63, 3.8) is 0 Å². The van der Waals surface area contributed by atoms with Gasteiger partial charge in [0.1, 0.15) is 0 Å². The second-order valence-corrected chi connectivity index (χ2v) is 7.23. The molecular weight excluding hydrogens is 320 g/mol. The molecule has 126 valence electrons. The number of nitrogens with two attached hydrogens (primary N) is 1. The fourth-order valence-corrected chi connectivity index (χ4v) is 4.04. The van der Waals surface area contributed by atoms with Gasteiger partial charge in [0.2, 0.25) is 11.8 Å². The summed E-state index contributed by atoms with van der Waals surface area (Å²) in [7, 11) is 0. The van der Waals surface area contributed by atoms with E-state index in [0.29, 0.717) is 32.4 Å². The van der Waals surface area contributed by atoms with Crippen LogP contribution in [0.3, 0.4) is 0 Å². The second-order valence-electron chi connectivity index (χ2n) is 6.45. The van der Waals surface area contributed by atoms with Gasteiger partial charge in [-0.15, -0.1) is 0 Å². The van der Waals surface area contributed by atoms with Gasteiger partial charge in [0.25, 0.3) is 0 Å². The monoisotopic (exact) mass is 342 g/mol. The number of nitrogens with zero attached hydrogens (tertiary/aromatic N) is 1. The molecule has 1 aliphatic rings. The van der Waals surface area contributed by atoms with Gasteiger partial charge < -0.3 is 10.6 Å². The molecule has 2 heterocycles. The molecule has 3 rings (SSSR count). The Balaban J connectivity index is 1.77. The van der Waals surface area contributed by atoms with E-state index in [0.717, 1.165) is 5.56 Å². The minimum Gasteiger partial charge on any atom is -0.369 e. The van der Waals surface area contributed by atoms with Gasteiger partial charge >= 0.3 is 0 Å². The molecule has 0 radical (unpaired) electrons. The van der Waals surface area contributed by atoms with Crippen LogP contribution in [-0.4, -0.2) is 29.8 Å². The molecule has 0 bridgehead atoms. The topological polar surface area (TPSA) is 63.4 Å². The molecule has 2 N–H and O–H groups in total. The van der Waals surface area contributed by atoms with Gasteiger partial charge in [-0.2, -0.15) is 11.3 Å². The number of rotatable bonds is 5. The van der Waals surface area contributed by atoms with Crippen molar-refractivity contribution in [2.75, 3.05) is 13.1 Å². The zero-order valence-corrected chi connectivity index (χ0v) is 14.6. The van der Waals surface area contributed by atoms with Crippen molar-refractivity contribution < 1.29 is 9.59 Å². The van der Waals surface area contributed by atoms with Crippen LogP contribution in [0.25, 0.3) is 11.1 Å². The second kappa shape index (κ2) is 6.77. The average Bonchev–Trinajstić information content (AvgIpc) is 3.25. The largest absolute Gasteiger partial charge is 0.369 e. The Labute approximate surface area is 146 Å². The highest BCUT2D eigenvalue weighted by atomic mass is 32.1. The summed E-state index contributed by atoms with van der Waals surface area (Å²) in [5.41, 5.74) is 8.53. The third kappa shape index (κ3) is 3.22. The smallest absolute Gasteiger partial charge is 0.225 e. The number of primary amides is 1. The lowest BCUT2D eigenvalue weighted by atomic mass is 9.80. The number of hydrogen-bond acceptors (Lipinski definition) is 3. The average molecular weight is 342 g/mol. The normalized spacial score (nSPS) is 20.3. The molecule has 1 aromatic carbocycles. The van der Waals surface area contributed by atoms with Gasteiger partial charge in [0, 0.05) is 19.5 Å².